The first-order chi connectivity index (χ1) is 16.9. The van der Waals surface area contributed by atoms with Crippen LogP contribution in [0.2, 0.25) is 0 Å². The number of H-pyrrole nitrogens is 1. The van der Waals surface area contributed by atoms with Crippen LogP contribution in [0.4, 0.5) is 11.4 Å². The second-order valence-electron chi connectivity index (χ2n) is 8.76. The van der Waals surface area contributed by atoms with Crippen LogP contribution in [0.3, 0.4) is 0 Å². The number of rotatable bonds is 6. The number of aromatic nitrogens is 3. The van der Waals surface area contributed by atoms with Crippen molar-refractivity contribution in [2.24, 2.45) is 0 Å². The highest BCUT2D eigenvalue weighted by Gasteiger charge is 2.28. The molecule has 1 atom stereocenters. The quantitative estimate of drug-likeness (QED) is 0.517. The van der Waals surface area contributed by atoms with Crippen LogP contribution in [-0.2, 0) is 14.8 Å². The SMILES string of the molecule is CS(=O)(=O)N1CCC[C@H](c2csc(-c3cc(N4CCOCC4)ccc3NC(=O)c3ncc[nH]3)n2)C1. The first-order valence-corrected chi connectivity index (χ1v) is 14.3. The smallest absolute Gasteiger partial charge is 0.291 e. The molecule has 2 saturated heterocycles. The molecule has 1 amide bonds. The van der Waals surface area contributed by atoms with Crippen molar-refractivity contribution >= 4 is 38.6 Å². The second-order valence-corrected chi connectivity index (χ2v) is 11.6. The number of aromatic amines is 1. The Kier molecular flexibility index (Phi) is 6.87. The fraction of sp³-hybridized carbons (Fsp3) is 0.435. The van der Waals surface area contributed by atoms with Gasteiger partial charge in [0, 0.05) is 61.1 Å². The number of hydrogen-bond donors (Lipinski definition) is 2. The van der Waals surface area contributed by atoms with Crippen molar-refractivity contribution in [3.63, 3.8) is 0 Å². The lowest BCUT2D eigenvalue weighted by Gasteiger charge is -2.30. The van der Waals surface area contributed by atoms with Crippen LogP contribution >= 0.6 is 11.3 Å². The van der Waals surface area contributed by atoms with E-state index in [9.17, 15) is 13.2 Å². The Labute approximate surface area is 208 Å². The molecular formula is C23H28N6O4S2. The number of amides is 1. The number of nitrogens with zero attached hydrogens (tertiary/aromatic N) is 4. The summed E-state index contributed by atoms with van der Waals surface area (Å²) in [5, 5.41) is 5.74. The summed E-state index contributed by atoms with van der Waals surface area (Å²) in [5.74, 6) is -0.0496. The summed E-state index contributed by atoms with van der Waals surface area (Å²) >= 11 is 1.50. The molecule has 35 heavy (non-hydrogen) atoms. The molecule has 0 radical (unpaired) electrons. The number of thiazole rings is 1. The van der Waals surface area contributed by atoms with Crippen molar-refractivity contribution in [3.8, 4) is 10.6 Å². The molecule has 2 aliphatic rings. The number of sulfonamides is 1. The van der Waals surface area contributed by atoms with E-state index in [1.807, 2.05) is 17.5 Å². The summed E-state index contributed by atoms with van der Waals surface area (Å²) in [4.78, 5) is 26.8. The van der Waals surface area contributed by atoms with E-state index in [2.05, 4.69) is 26.3 Å². The van der Waals surface area contributed by atoms with Crippen molar-refractivity contribution < 1.29 is 17.9 Å². The summed E-state index contributed by atoms with van der Waals surface area (Å²) in [6.45, 7) is 3.93. The number of imidazole rings is 1. The third-order valence-corrected chi connectivity index (χ3v) is 8.53. The van der Waals surface area contributed by atoms with Crippen LogP contribution in [0.25, 0.3) is 10.6 Å². The number of piperidine rings is 1. The minimum atomic E-state index is -3.24. The Hall–Kier alpha value is -2.80. The topological polar surface area (TPSA) is 121 Å². The van der Waals surface area contributed by atoms with E-state index < -0.39 is 10.0 Å². The lowest BCUT2D eigenvalue weighted by atomic mass is 9.97. The molecule has 10 nitrogen and oxygen atoms in total. The molecule has 12 heteroatoms. The number of anilines is 2. The van der Waals surface area contributed by atoms with Crippen LogP contribution in [0, 0.1) is 0 Å². The number of carbonyl (C=O) groups is 1. The van der Waals surface area contributed by atoms with Crippen molar-refractivity contribution in [2.75, 3.05) is 55.9 Å². The van der Waals surface area contributed by atoms with E-state index in [1.165, 1.54) is 28.1 Å². The molecule has 2 aliphatic heterocycles. The average molecular weight is 517 g/mol. The van der Waals surface area contributed by atoms with Crippen LogP contribution in [0.5, 0.6) is 0 Å². The van der Waals surface area contributed by atoms with Gasteiger partial charge in [-0.3, -0.25) is 4.79 Å². The van der Waals surface area contributed by atoms with Crippen molar-refractivity contribution in [2.45, 2.75) is 18.8 Å². The van der Waals surface area contributed by atoms with E-state index in [4.69, 9.17) is 9.72 Å². The number of hydrogen-bond acceptors (Lipinski definition) is 8. The Morgan fingerprint density at radius 3 is 2.83 bits per heavy atom. The molecule has 0 spiro atoms. The van der Waals surface area contributed by atoms with E-state index in [0.29, 0.717) is 32.0 Å². The summed E-state index contributed by atoms with van der Waals surface area (Å²) in [6, 6.07) is 5.94. The lowest BCUT2D eigenvalue weighted by Crippen LogP contribution is -2.38. The van der Waals surface area contributed by atoms with E-state index in [-0.39, 0.29) is 17.6 Å². The summed E-state index contributed by atoms with van der Waals surface area (Å²) in [6.07, 6.45) is 6.10. The maximum Gasteiger partial charge on any atom is 0.291 e. The second kappa shape index (κ2) is 10.1. The minimum Gasteiger partial charge on any atom is -0.378 e. The third-order valence-electron chi connectivity index (χ3n) is 6.36. The molecule has 2 N–H and O–H groups in total. The largest absolute Gasteiger partial charge is 0.378 e. The zero-order chi connectivity index (χ0) is 24.4. The average Bonchev–Trinajstić information content (AvgIpc) is 3.57. The molecule has 5 rings (SSSR count). The fourth-order valence-corrected chi connectivity index (χ4v) is 6.33. The molecule has 186 valence electrons. The van der Waals surface area contributed by atoms with Gasteiger partial charge in [-0.2, -0.15) is 0 Å². The maximum absolute atomic E-state index is 12.7. The van der Waals surface area contributed by atoms with Gasteiger partial charge in [0.1, 0.15) is 5.01 Å². The van der Waals surface area contributed by atoms with Crippen LogP contribution < -0.4 is 10.2 Å². The Morgan fingerprint density at radius 2 is 2.09 bits per heavy atom. The van der Waals surface area contributed by atoms with Crippen LogP contribution in [-0.4, -0.2) is 79.2 Å². The maximum atomic E-state index is 12.7. The van der Waals surface area contributed by atoms with E-state index in [0.717, 1.165) is 47.9 Å². The molecule has 4 heterocycles. The summed E-state index contributed by atoms with van der Waals surface area (Å²) < 4.78 is 31.2. The zero-order valence-corrected chi connectivity index (χ0v) is 21.1. The molecule has 0 bridgehead atoms. The molecular weight excluding hydrogens is 488 g/mol. The Bertz CT molecular complexity index is 1290. The standard InChI is InChI=1S/C23H28N6O4S2/c1-35(31,32)29-8-2-3-16(14-29)20-15-34-23(27-20)18-13-17(28-9-11-33-12-10-28)4-5-19(18)26-22(30)21-24-6-7-25-21/h4-7,13,15-16H,2-3,8-12,14H2,1H3,(H,24,25)(H,26,30)/t16-/m0/s1. The van der Waals surface area contributed by atoms with Crippen molar-refractivity contribution in [1.82, 2.24) is 19.3 Å². The number of carbonyl (C=O) groups excluding carboxylic acids is 1. The Morgan fingerprint density at radius 1 is 1.26 bits per heavy atom. The van der Waals surface area contributed by atoms with Gasteiger partial charge in [0.25, 0.3) is 5.91 Å². The monoisotopic (exact) mass is 516 g/mol. The van der Waals surface area contributed by atoms with Crippen LogP contribution in [0.1, 0.15) is 35.1 Å². The highest BCUT2D eigenvalue weighted by molar-refractivity contribution is 7.88. The molecule has 0 aliphatic carbocycles. The van der Waals surface area contributed by atoms with Gasteiger partial charge in [-0.15, -0.1) is 11.3 Å². The zero-order valence-electron chi connectivity index (χ0n) is 19.4. The highest BCUT2D eigenvalue weighted by Crippen LogP contribution is 2.37. The number of benzene rings is 1. The van der Waals surface area contributed by atoms with Gasteiger partial charge in [0.2, 0.25) is 10.0 Å². The van der Waals surface area contributed by atoms with Gasteiger partial charge in [-0.25, -0.2) is 22.7 Å². The summed E-state index contributed by atoms with van der Waals surface area (Å²) in [7, 11) is -3.24. The van der Waals surface area contributed by atoms with E-state index >= 15 is 0 Å². The molecule has 1 aromatic carbocycles. The molecule has 2 aromatic heterocycles. The van der Waals surface area contributed by atoms with Crippen molar-refractivity contribution in [1.29, 1.82) is 0 Å². The predicted molar refractivity (Wildman–Crippen MR) is 136 cm³/mol. The van der Waals surface area contributed by atoms with Crippen molar-refractivity contribution in [3.05, 3.63) is 47.5 Å². The minimum absolute atomic E-state index is 0.0482. The first-order valence-electron chi connectivity index (χ1n) is 11.6. The van der Waals surface area contributed by atoms with Gasteiger partial charge >= 0.3 is 0 Å². The lowest BCUT2D eigenvalue weighted by molar-refractivity contribution is 0.101. The van der Waals surface area contributed by atoms with Gasteiger partial charge < -0.3 is 19.9 Å². The molecule has 0 unspecified atom stereocenters. The third kappa shape index (κ3) is 5.40. The first kappa shape index (κ1) is 23.9. The van der Waals surface area contributed by atoms with Gasteiger partial charge in [-0.05, 0) is 31.0 Å². The normalized spacial score (nSPS) is 19.6. The molecule has 0 saturated carbocycles. The number of morpholine rings is 1. The highest BCUT2D eigenvalue weighted by atomic mass is 32.2. The number of nitrogens with one attached hydrogen (secondary N) is 2. The van der Waals surface area contributed by atoms with Gasteiger partial charge in [0.15, 0.2) is 5.82 Å². The fourth-order valence-electron chi connectivity index (χ4n) is 4.49. The molecule has 2 fully saturated rings. The van der Waals surface area contributed by atoms with E-state index in [1.54, 1.807) is 6.20 Å². The predicted octanol–water partition coefficient (Wildman–Crippen LogP) is 2.76. The molecule has 3 aromatic rings. The van der Waals surface area contributed by atoms with Gasteiger partial charge in [-0.1, -0.05) is 0 Å². The number of ether oxygens (including phenoxy) is 1. The van der Waals surface area contributed by atoms with Gasteiger partial charge in [0.05, 0.1) is 30.9 Å². The summed E-state index contributed by atoms with van der Waals surface area (Å²) in [5.41, 5.74) is 3.39. The van der Waals surface area contributed by atoms with Crippen LogP contribution in [0.15, 0.2) is 36.0 Å². The Balaban J connectivity index is 1.46.